The molecule has 2 aromatic carbocycles. The van der Waals surface area contributed by atoms with E-state index in [0.29, 0.717) is 43.6 Å². The van der Waals surface area contributed by atoms with Crippen LogP contribution in [0.3, 0.4) is 0 Å². The summed E-state index contributed by atoms with van der Waals surface area (Å²) >= 11 is 0. The van der Waals surface area contributed by atoms with Crippen LogP contribution in [0.5, 0.6) is 5.75 Å². The summed E-state index contributed by atoms with van der Waals surface area (Å²) < 4.78 is 5.71. The van der Waals surface area contributed by atoms with E-state index >= 15 is 0 Å². The van der Waals surface area contributed by atoms with Crippen molar-refractivity contribution in [2.75, 3.05) is 49.2 Å². The SMILES string of the molecule is Nc1cc(N2CCN(C(=O)COc3ccc4ccccc4c3)CC2)nc(N)n1. The molecule has 1 aliphatic heterocycles. The highest BCUT2D eigenvalue weighted by molar-refractivity contribution is 5.84. The first kappa shape index (κ1) is 17.8. The summed E-state index contributed by atoms with van der Waals surface area (Å²) in [6.07, 6.45) is 0. The third-order valence-corrected chi connectivity index (χ3v) is 4.79. The molecular weight excluding hydrogens is 356 g/mol. The lowest BCUT2D eigenvalue weighted by molar-refractivity contribution is -0.133. The fourth-order valence-electron chi connectivity index (χ4n) is 3.31. The summed E-state index contributed by atoms with van der Waals surface area (Å²) in [5, 5.41) is 2.23. The lowest BCUT2D eigenvalue weighted by atomic mass is 10.1. The molecule has 1 amide bonds. The Morgan fingerprint density at radius 1 is 0.964 bits per heavy atom. The standard InChI is InChI=1S/C20H22N6O2/c21-17-12-18(24-20(22)23-17)25-7-9-26(10-8-25)19(27)13-28-16-6-5-14-3-1-2-4-15(14)11-16/h1-6,11-12H,7-10,13H2,(H4,21,22,23,24). The van der Waals surface area contributed by atoms with Gasteiger partial charge in [-0.25, -0.2) is 0 Å². The van der Waals surface area contributed by atoms with Gasteiger partial charge in [-0.1, -0.05) is 30.3 Å². The van der Waals surface area contributed by atoms with Crippen LogP contribution in [-0.2, 0) is 4.79 Å². The molecule has 0 atom stereocenters. The van der Waals surface area contributed by atoms with Crippen LogP contribution in [0.1, 0.15) is 0 Å². The zero-order valence-corrected chi connectivity index (χ0v) is 15.4. The minimum absolute atomic E-state index is 0.0196. The lowest BCUT2D eigenvalue weighted by Crippen LogP contribution is -2.50. The van der Waals surface area contributed by atoms with Gasteiger partial charge in [0.15, 0.2) is 6.61 Å². The average molecular weight is 378 g/mol. The van der Waals surface area contributed by atoms with Gasteiger partial charge >= 0.3 is 0 Å². The van der Waals surface area contributed by atoms with Crippen molar-refractivity contribution in [2.45, 2.75) is 0 Å². The Labute approximate surface area is 162 Å². The smallest absolute Gasteiger partial charge is 0.260 e. The Balaban J connectivity index is 1.32. The molecule has 0 aliphatic carbocycles. The molecule has 1 aliphatic rings. The number of rotatable bonds is 4. The van der Waals surface area contributed by atoms with E-state index in [4.69, 9.17) is 16.2 Å². The highest BCUT2D eigenvalue weighted by Crippen LogP contribution is 2.21. The number of carbonyl (C=O) groups is 1. The quantitative estimate of drug-likeness (QED) is 0.708. The van der Waals surface area contributed by atoms with Gasteiger partial charge in [0.05, 0.1) is 0 Å². The molecule has 144 valence electrons. The molecule has 28 heavy (non-hydrogen) atoms. The van der Waals surface area contributed by atoms with E-state index in [9.17, 15) is 4.79 Å². The zero-order chi connectivity index (χ0) is 19.5. The number of ether oxygens (including phenoxy) is 1. The first-order valence-electron chi connectivity index (χ1n) is 9.13. The van der Waals surface area contributed by atoms with E-state index in [2.05, 4.69) is 9.97 Å². The van der Waals surface area contributed by atoms with Crippen molar-refractivity contribution in [2.24, 2.45) is 0 Å². The molecule has 4 rings (SSSR count). The molecule has 8 heteroatoms. The van der Waals surface area contributed by atoms with Gasteiger partial charge in [0.2, 0.25) is 5.95 Å². The Hall–Kier alpha value is -3.55. The number of piperazine rings is 1. The van der Waals surface area contributed by atoms with Crippen molar-refractivity contribution in [3.63, 3.8) is 0 Å². The van der Waals surface area contributed by atoms with Crippen LogP contribution in [-0.4, -0.2) is 53.6 Å². The van der Waals surface area contributed by atoms with Gasteiger partial charge in [-0.2, -0.15) is 9.97 Å². The fraction of sp³-hybridized carbons (Fsp3) is 0.250. The largest absolute Gasteiger partial charge is 0.484 e. The van der Waals surface area contributed by atoms with E-state index in [0.717, 1.165) is 10.8 Å². The predicted molar refractivity (Wildman–Crippen MR) is 109 cm³/mol. The highest BCUT2D eigenvalue weighted by atomic mass is 16.5. The molecule has 1 aromatic heterocycles. The van der Waals surface area contributed by atoms with Crippen molar-refractivity contribution in [3.05, 3.63) is 48.5 Å². The predicted octanol–water partition coefficient (Wildman–Crippen LogP) is 1.52. The van der Waals surface area contributed by atoms with Gasteiger partial charge in [0.25, 0.3) is 5.91 Å². The van der Waals surface area contributed by atoms with Crippen LogP contribution in [0, 0.1) is 0 Å². The first-order valence-corrected chi connectivity index (χ1v) is 9.13. The zero-order valence-electron chi connectivity index (χ0n) is 15.4. The number of carbonyl (C=O) groups excluding carboxylic acids is 1. The maximum absolute atomic E-state index is 12.5. The van der Waals surface area contributed by atoms with Gasteiger partial charge in [-0.15, -0.1) is 0 Å². The van der Waals surface area contributed by atoms with Gasteiger partial charge in [0, 0.05) is 32.2 Å². The minimum Gasteiger partial charge on any atom is -0.484 e. The average Bonchev–Trinajstić information content (AvgIpc) is 2.71. The number of nitrogens with zero attached hydrogens (tertiary/aromatic N) is 4. The Morgan fingerprint density at radius 3 is 2.46 bits per heavy atom. The minimum atomic E-state index is -0.0328. The number of aromatic nitrogens is 2. The van der Waals surface area contributed by atoms with Crippen molar-refractivity contribution in [1.82, 2.24) is 14.9 Å². The van der Waals surface area contributed by atoms with E-state index in [-0.39, 0.29) is 18.5 Å². The maximum atomic E-state index is 12.5. The molecule has 0 bridgehead atoms. The Morgan fingerprint density at radius 2 is 1.71 bits per heavy atom. The monoisotopic (exact) mass is 378 g/mol. The van der Waals surface area contributed by atoms with Crippen molar-refractivity contribution < 1.29 is 9.53 Å². The summed E-state index contributed by atoms with van der Waals surface area (Å²) in [7, 11) is 0. The second-order valence-corrected chi connectivity index (χ2v) is 6.67. The number of hydrogen-bond donors (Lipinski definition) is 2. The van der Waals surface area contributed by atoms with Gasteiger partial charge in [0.1, 0.15) is 17.4 Å². The van der Waals surface area contributed by atoms with Crippen LogP contribution in [0.15, 0.2) is 48.5 Å². The third kappa shape index (κ3) is 3.90. The number of hydrogen-bond acceptors (Lipinski definition) is 7. The molecular formula is C20H22N6O2. The van der Waals surface area contributed by atoms with Crippen LogP contribution in [0.2, 0.25) is 0 Å². The van der Waals surface area contributed by atoms with Crippen LogP contribution < -0.4 is 21.1 Å². The summed E-state index contributed by atoms with van der Waals surface area (Å²) in [5.41, 5.74) is 11.4. The number of nitrogens with two attached hydrogens (primary N) is 2. The summed E-state index contributed by atoms with van der Waals surface area (Å²) in [6.45, 7) is 2.49. The molecule has 2 heterocycles. The number of fused-ring (bicyclic) bond motifs is 1. The lowest BCUT2D eigenvalue weighted by Gasteiger charge is -2.35. The molecule has 1 saturated heterocycles. The number of benzene rings is 2. The Bertz CT molecular complexity index is 981. The van der Waals surface area contributed by atoms with Crippen molar-refractivity contribution in [1.29, 1.82) is 0 Å². The molecule has 0 saturated carbocycles. The highest BCUT2D eigenvalue weighted by Gasteiger charge is 2.22. The van der Waals surface area contributed by atoms with Gasteiger partial charge in [-0.3, -0.25) is 4.79 Å². The fourth-order valence-corrected chi connectivity index (χ4v) is 3.31. The third-order valence-electron chi connectivity index (χ3n) is 4.79. The molecule has 3 aromatic rings. The van der Waals surface area contributed by atoms with E-state index < -0.39 is 0 Å². The van der Waals surface area contributed by atoms with E-state index in [1.54, 1.807) is 11.0 Å². The second kappa shape index (κ2) is 7.59. The van der Waals surface area contributed by atoms with Crippen LogP contribution >= 0.6 is 0 Å². The van der Waals surface area contributed by atoms with Crippen molar-refractivity contribution in [3.8, 4) is 5.75 Å². The molecule has 0 radical (unpaired) electrons. The number of amides is 1. The Kier molecular flexibility index (Phi) is 4.84. The maximum Gasteiger partial charge on any atom is 0.260 e. The normalized spacial score (nSPS) is 14.3. The van der Waals surface area contributed by atoms with E-state index in [1.165, 1.54) is 0 Å². The molecule has 4 N–H and O–H groups in total. The second-order valence-electron chi connectivity index (χ2n) is 6.67. The van der Waals surface area contributed by atoms with Crippen molar-refractivity contribution >= 4 is 34.3 Å². The number of anilines is 3. The summed E-state index contributed by atoms with van der Waals surface area (Å²) in [6, 6.07) is 15.6. The molecule has 0 unspecified atom stereocenters. The van der Waals surface area contributed by atoms with Gasteiger partial charge < -0.3 is 26.0 Å². The van der Waals surface area contributed by atoms with Gasteiger partial charge in [-0.05, 0) is 22.9 Å². The number of nitrogen functional groups attached to an aromatic ring is 2. The van der Waals surface area contributed by atoms with Crippen LogP contribution in [0.4, 0.5) is 17.6 Å². The topological polar surface area (TPSA) is 111 Å². The van der Waals surface area contributed by atoms with E-state index in [1.807, 2.05) is 47.4 Å². The first-order chi connectivity index (χ1) is 13.6. The summed E-state index contributed by atoms with van der Waals surface area (Å²) in [5.74, 6) is 1.83. The summed E-state index contributed by atoms with van der Waals surface area (Å²) in [4.78, 5) is 24.4. The molecule has 1 fully saturated rings. The molecule has 8 nitrogen and oxygen atoms in total. The van der Waals surface area contributed by atoms with Crippen LogP contribution in [0.25, 0.3) is 10.8 Å². The molecule has 0 spiro atoms.